The molecule has 0 aromatic heterocycles. The summed E-state index contributed by atoms with van der Waals surface area (Å²) in [5.41, 5.74) is 0. The zero-order chi connectivity index (χ0) is 15.5. The number of hydrogen-bond donors (Lipinski definition) is 0. The van der Waals surface area contributed by atoms with Gasteiger partial charge in [0.1, 0.15) is 0 Å². The smallest absolute Gasteiger partial charge is 0.166 e. The van der Waals surface area contributed by atoms with Gasteiger partial charge in [-0.3, -0.25) is 9.80 Å². The van der Waals surface area contributed by atoms with Crippen molar-refractivity contribution in [3.05, 3.63) is 0 Å². The van der Waals surface area contributed by atoms with Crippen molar-refractivity contribution in [3.63, 3.8) is 0 Å². The van der Waals surface area contributed by atoms with Crippen LogP contribution in [0.1, 0.15) is 40.5 Å². The molecule has 1 aliphatic heterocycles. The van der Waals surface area contributed by atoms with E-state index in [1.54, 1.807) is 0 Å². The van der Waals surface area contributed by atoms with E-state index in [2.05, 4.69) is 23.6 Å². The topological polar surface area (TPSA) is 24.9 Å². The number of hydrogen-bond acceptors (Lipinski definition) is 5. The zero-order valence-corrected chi connectivity index (χ0v) is 15.2. The molecule has 0 amide bonds. The van der Waals surface area contributed by atoms with Crippen molar-refractivity contribution in [3.8, 4) is 0 Å². The molecule has 0 bridgehead atoms. The SMILES string of the molecule is CCOC(CSCCCC1N(CC)CCN1CC)OCC. The molecule has 1 saturated heterocycles. The van der Waals surface area contributed by atoms with Crippen LogP contribution in [0.3, 0.4) is 0 Å². The minimum absolute atomic E-state index is 0.0317. The summed E-state index contributed by atoms with van der Waals surface area (Å²) in [5, 5.41) is 0. The molecule has 1 rings (SSSR count). The van der Waals surface area contributed by atoms with Crippen molar-refractivity contribution in [1.29, 1.82) is 0 Å². The Morgan fingerprint density at radius 2 is 1.57 bits per heavy atom. The molecule has 4 nitrogen and oxygen atoms in total. The first-order valence-corrected chi connectivity index (χ1v) is 9.71. The van der Waals surface area contributed by atoms with Crippen LogP contribution in [-0.4, -0.2) is 73.2 Å². The molecule has 5 heteroatoms. The number of thioether (sulfide) groups is 1. The monoisotopic (exact) mass is 318 g/mol. The van der Waals surface area contributed by atoms with Crippen LogP contribution in [0.2, 0.25) is 0 Å². The highest BCUT2D eigenvalue weighted by atomic mass is 32.2. The molecule has 0 aliphatic carbocycles. The van der Waals surface area contributed by atoms with Gasteiger partial charge >= 0.3 is 0 Å². The van der Waals surface area contributed by atoms with Crippen molar-refractivity contribution < 1.29 is 9.47 Å². The summed E-state index contributed by atoms with van der Waals surface area (Å²) >= 11 is 1.96. The Labute approximate surface area is 135 Å². The third-order valence-corrected chi connectivity index (χ3v) is 5.13. The largest absolute Gasteiger partial charge is 0.352 e. The van der Waals surface area contributed by atoms with Gasteiger partial charge in [0.15, 0.2) is 6.29 Å². The van der Waals surface area contributed by atoms with Gasteiger partial charge in [0.05, 0.1) is 6.17 Å². The third-order valence-electron chi connectivity index (χ3n) is 4.04. The highest BCUT2D eigenvalue weighted by molar-refractivity contribution is 7.99. The predicted octanol–water partition coefficient (Wildman–Crippen LogP) is 2.88. The molecule has 0 aromatic rings. The average Bonchev–Trinajstić information content (AvgIpc) is 2.89. The van der Waals surface area contributed by atoms with Crippen molar-refractivity contribution in [2.24, 2.45) is 0 Å². The second kappa shape index (κ2) is 11.7. The fraction of sp³-hybridized carbons (Fsp3) is 1.00. The van der Waals surface area contributed by atoms with E-state index in [9.17, 15) is 0 Å². The molecule has 1 aliphatic rings. The van der Waals surface area contributed by atoms with Gasteiger partial charge in [-0.2, -0.15) is 11.8 Å². The van der Waals surface area contributed by atoms with Crippen molar-refractivity contribution in [2.75, 3.05) is 50.9 Å². The van der Waals surface area contributed by atoms with Crippen LogP contribution in [-0.2, 0) is 9.47 Å². The lowest BCUT2D eigenvalue weighted by Gasteiger charge is -2.28. The van der Waals surface area contributed by atoms with E-state index in [0.717, 1.165) is 19.0 Å². The molecule has 1 heterocycles. The highest BCUT2D eigenvalue weighted by Crippen LogP contribution is 2.20. The Kier molecular flexibility index (Phi) is 10.7. The van der Waals surface area contributed by atoms with E-state index < -0.39 is 0 Å². The molecule has 0 radical (unpaired) electrons. The van der Waals surface area contributed by atoms with E-state index >= 15 is 0 Å². The Balaban J connectivity index is 2.17. The second-order valence-corrected chi connectivity index (χ2v) is 6.45. The third kappa shape index (κ3) is 6.87. The summed E-state index contributed by atoms with van der Waals surface area (Å²) in [5.74, 6) is 2.14. The Morgan fingerprint density at radius 3 is 2.05 bits per heavy atom. The summed E-state index contributed by atoms with van der Waals surface area (Å²) in [6.07, 6.45) is 3.18. The summed E-state index contributed by atoms with van der Waals surface area (Å²) in [6.45, 7) is 14.9. The number of nitrogens with zero attached hydrogens (tertiary/aromatic N) is 2. The van der Waals surface area contributed by atoms with Crippen LogP contribution in [0.15, 0.2) is 0 Å². The van der Waals surface area contributed by atoms with E-state index in [4.69, 9.17) is 9.47 Å². The summed E-state index contributed by atoms with van der Waals surface area (Å²) in [4.78, 5) is 5.22. The first kappa shape index (κ1) is 19.2. The second-order valence-electron chi connectivity index (χ2n) is 5.30. The highest BCUT2D eigenvalue weighted by Gasteiger charge is 2.28. The van der Waals surface area contributed by atoms with Crippen molar-refractivity contribution in [1.82, 2.24) is 9.80 Å². The van der Waals surface area contributed by atoms with Crippen LogP contribution in [0.4, 0.5) is 0 Å². The lowest BCUT2D eigenvalue weighted by atomic mass is 10.2. The molecule has 0 atom stereocenters. The lowest BCUT2D eigenvalue weighted by Crippen LogP contribution is -2.38. The quantitative estimate of drug-likeness (QED) is 0.407. The molecule has 0 unspecified atom stereocenters. The van der Waals surface area contributed by atoms with Gasteiger partial charge < -0.3 is 9.47 Å². The summed E-state index contributed by atoms with van der Waals surface area (Å²) in [6, 6.07) is 0. The Bertz CT molecular complexity index is 238. The van der Waals surface area contributed by atoms with Gasteiger partial charge in [-0.05, 0) is 45.5 Å². The minimum Gasteiger partial charge on any atom is -0.352 e. The fourth-order valence-electron chi connectivity index (χ4n) is 2.95. The molecule has 1 fully saturated rings. The molecule has 0 saturated carbocycles. The maximum Gasteiger partial charge on any atom is 0.166 e. The van der Waals surface area contributed by atoms with E-state index in [-0.39, 0.29) is 6.29 Å². The number of likely N-dealkylation sites (N-methyl/N-ethyl adjacent to an activating group) is 2. The molecule has 0 N–H and O–H groups in total. The maximum atomic E-state index is 5.57. The predicted molar refractivity (Wildman–Crippen MR) is 91.9 cm³/mol. The molecular formula is C16H34N2O2S. The normalized spacial score (nSPS) is 18.1. The first-order valence-electron chi connectivity index (χ1n) is 8.55. The molecule has 0 aromatic carbocycles. The summed E-state index contributed by atoms with van der Waals surface area (Å²) in [7, 11) is 0. The Morgan fingerprint density at radius 1 is 1.00 bits per heavy atom. The molecular weight excluding hydrogens is 284 g/mol. The minimum atomic E-state index is -0.0317. The van der Waals surface area contributed by atoms with Gasteiger partial charge in [0.25, 0.3) is 0 Å². The number of ether oxygens (including phenoxy) is 2. The fourth-order valence-corrected chi connectivity index (χ4v) is 3.87. The molecule has 0 spiro atoms. The zero-order valence-electron chi connectivity index (χ0n) is 14.3. The van der Waals surface area contributed by atoms with Crippen LogP contribution in [0.5, 0.6) is 0 Å². The van der Waals surface area contributed by atoms with Gasteiger partial charge in [0, 0.05) is 32.1 Å². The van der Waals surface area contributed by atoms with Gasteiger partial charge in [-0.15, -0.1) is 0 Å². The number of rotatable bonds is 12. The first-order chi connectivity index (χ1) is 10.3. The Hall–Kier alpha value is 0.190. The van der Waals surface area contributed by atoms with Crippen LogP contribution in [0, 0.1) is 0 Å². The maximum absolute atomic E-state index is 5.57. The van der Waals surface area contributed by atoms with Crippen LogP contribution < -0.4 is 0 Å². The van der Waals surface area contributed by atoms with E-state index in [1.165, 1.54) is 44.8 Å². The summed E-state index contributed by atoms with van der Waals surface area (Å²) < 4.78 is 11.1. The lowest BCUT2D eigenvalue weighted by molar-refractivity contribution is -0.120. The van der Waals surface area contributed by atoms with Gasteiger partial charge in [-0.25, -0.2) is 0 Å². The molecule has 21 heavy (non-hydrogen) atoms. The van der Waals surface area contributed by atoms with Crippen molar-refractivity contribution in [2.45, 2.75) is 53.0 Å². The van der Waals surface area contributed by atoms with Crippen LogP contribution >= 0.6 is 11.8 Å². The van der Waals surface area contributed by atoms with E-state index in [1.807, 2.05) is 25.6 Å². The average molecular weight is 319 g/mol. The van der Waals surface area contributed by atoms with Crippen molar-refractivity contribution >= 4 is 11.8 Å². The van der Waals surface area contributed by atoms with Gasteiger partial charge in [-0.1, -0.05) is 13.8 Å². The standard InChI is InChI=1S/C16H34N2O2S/c1-5-17-11-12-18(6-2)15(17)10-9-13-21-14-16(19-7-3)20-8-4/h15-16H,5-14H2,1-4H3. The molecule has 126 valence electrons. The van der Waals surface area contributed by atoms with Gasteiger partial charge in [0.2, 0.25) is 0 Å². The van der Waals surface area contributed by atoms with Crippen LogP contribution in [0.25, 0.3) is 0 Å². The van der Waals surface area contributed by atoms with E-state index in [0.29, 0.717) is 6.17 Å².